The van der Waals surface area contributed by atoms with Gasteiger partial charge in [0.2, 0.25) is 0 Å². The van der Waals surface area contributed by atoms with Crippen molar-refractivity contribution in [1.29, 1.82) is 0 Å². The van der Waals surface area contributed by atoms with Crippen molar-refractivity contribution in [1.82, 2.24) is 15.5 Å². The van der Waals surface area contributed by atoms with Gasteiger partial charge in [-0.15, -0.1) is 0 Å². The highest BCUT2D eigenvalue weighted by molar-refractivity contribution is 6.32. The van der Waals surface area contributed by atoms with Crippen LogP contribution in [0.25, 0.3) is 0 Å². The number of phenols is 1. The molecule has 1 heterocycles. The Kier molecular flexibility index (Phi) is 4.82. The van der Waals surface area contributed by atoms with E-state index in [-0.39, 0.29) is 5.75 Å². The number of aromatic hydroxyl groups is 1. The molecule has 5 heteroatoms. The van der Waals surface area contributed by atoms with E-state index < -0.39 is 0 Å². The van der Waals surface area contributed by atoms with Crippen LogP contribution in [0.15, 0.2) is 24.4 Å². The van der Waals surface area contributed by atoms with Gasteiger partial charge in [0.15, 0.2) is 0 Å². The lowest BCUT2D eigenvalue weighted by Crippen LogP contribution is -2.15. The predicted molar refractivity (Wildman–Crippen MR) is 76.5 cm³/mol. The molecule has 0 saturated carbocycles. The second kappa shape index (κ2) is 6.59. The van der Waals surface area contributed by atoms with Gasteiger partial charge in [0, 0.05) is 12.2 Å². The number of aromatic amines is 1. The minimum Gasteiger partial charge on any atom is -0.506 e. The van der Waals surface area contributed by atoms with E-state index in [2.05, 4.69) is 15.5 Å². The van der Waals surface area contributed by atoms with Gasteiger partial charge in [-0.1, -0.05) is 17.7 Å². The molecule has 0 saturated heterocycles. The van der Waals surface area contributed by atoms with Gasteiger partial charge in [-0.25, -0.2) is 0 Å². The van der Waals surface area contributed by atoms with Crippen LogP contribution in [0.2, 0.25) is 5.02 Å². The second-order valence-corrected chi connectivity index (χ2v) is 4.99. The SMILES string of the molecule is Cc1[nH]ncc1CCCNCc1ccc(O)c(Cl)c1. The van der Waals surface area contributed by atoms with E-state index in [1.165, 1.54) is 5.56 Å². The predicted octanol–water partition coefficient (Wildman–Crippen LogP) is 2.80. The van der Waals surface area contributed by atoms with Gasteiger partial charge in [-0.05, 0) is 49.6 Å². The molecule has 0 aliphatic carbocycles. The third kappa shape index (κ3) is 3.98. The first kappa shape index (κ1) is 13.9. The minimum atomic E-state index is 0.126. The maximum Gasteiger partial charge on any atom is 0.134 e. The van der Waals surface area contributed by atoms with Crippen molar-refractivity contribution in [2.24, 2.45) is 0 Å². The maximum atomic E-state index is 9.32. The van der Waals surface area contributed by atoms with E-state index in [0.29, 0.717) is 5.02 Å². The molecule has 1 aromatic heterocycles. The topological polar surface area (TPSA) is 60.9 Å². The first-order valence-electron chi connectivity index (χ1n) is 6.34. The molecule has 19 heavy (non-hydrogen) atoms. The van der Waals surface area contributed by atoms with Crippen molar-refractivity contribution in [3.63, 3.8) is 0 Å². The average Bonchev–Trinajstić information content (AvgIpc) is 2.79. The van der Waals surface area contributed by atoms with Gasteiger partial charge in [-0.2, -0.15) is 5.10 Å². The number of rotatable bonds is 6. The summed E-state index contributed by atoms with van der Waals surface area (Å²) < 4.78 is 0. The van der Waals surface area contributed by atoms with Crippen LogP contribution in [0.5, 0.6) is 5.75 Å². The van der Waals surface area contributed by atoms with Crippen LogP contribution in [0.4, 0.5) is 0 Å². The van der Waals surface area contributed by atoms with Gasteiger partial charge in [0.05, 0.1) is 11.2 Å². The molecule has 2 aromatic rings. The molecule has 0 aliphatic rings. The molecule has 4 nitrogen and oxygen atoms in total. The number of aryl methyl sites for hydroxylation is 2. The van der Waals surface area contributed by atoms with Gasteiger partial charge >= 0.3 is 0 Å². The number of aromatic nitrogens is 2. The Morgan fingerprint density at radius 2 is 2.26 bits per heavy atom. The van der Waals surface area contributed by atoms with Crippen molar-refractivity contribution in [2.75, 3.05) is 6.54 Å². The number of nitrogens with zero attached hydrogens (tertiary/aromatic N) is 1. The van der Waals surface area contributed by atoms with Gasteiger partial charge in [0.25, 0.3) is 0 Å². The molecule has 0 atom stereocenters. The highest BCUT2D eigenvalue weighted by atomic mass is 35.5. The first-order valence-corrected chi connectivity index (χ1v) is 6.71. The molecule has 102 valence electrons. The Hall–Kier alpha value is -1.52. The number of phenolic OH excluding ortho intramolecular Hbond substituents is 1. The fraction of sp³-hybridized carbons (Fsp3) is 0.357. The molecular weight excluding hydrogens is 262 g/mol. The van der Waals surface area contributed by atoms with Crippen molar-refractivity contribution in [3.05, 3.63) is 46.2 Å². The van der Waals surface area contributed by atoms with Crippen LogP contribution in [-0.4, -0.2) is 21.8 Å². The van der Waals surface area contributed by atoms with E-state index in [1.807, 2.05) is 19.2 Å². The Labute approximate surface area is 117 Å². The molecule has 2 rings (SSSR count). The third-order valence-electron chi connectivity index (χ3n) is 3.08. The van der Waals surface area contributed by atoms with E-state index in [9.17, 15) is 5.11 Å². The quantitative estimate of drug-likeness (QED) is 0.713. The molecule has 0 spiro atoms. The summed E-state index contributed by atoms with van der Waals surface area (Å²) in [5.74, 6) is 0.126. The van der Waals surface area contributed by atoms with Crippen molar-refractivity contribution in [3.8, 4) is 5.75 Å². The average molecular weight is 280 g/mol. The fourth-order valence-electron chi connectivity index (χ4n) is 1.92. The zero-order valence-electron chi connectivity index (χ0n) is 10.9. The van der Waals surface area contributed by atoms with Crippen molar-refractivity contribution < 1.29 is 5.11 Å². The third-order valence-corrected chi connectivity index (χ3v) is 3.38. The number of hydrogen-bond donors (Lipinski definition) is 3. The van der Waals surface area contributed by atoms with Crippen LogP contribution < -0.4 is 5.32 Å². The summed E-state index contributed by atoms with van der Waals surface area (Å²) in [4.78, 5) is 0. The Balaban J connectivity index is 1.69. The molecule has 0 unspecified atom stereocenters. The lowest BCUT2D eigenvalue weighted by atomic mass is 10.1. The van der Waals surface area contributed by atoms with Gasteiger partial charge in [-0.3, -0.25) is 5.10 Å². The minimum absolute atomic E-state index is 0.126. The summed E-state index contributed by atoms with van der Waals surface area (Å²) in [6.45, 7) is 3.72. The molecule has 0 bridgehead atoms. The number of nitrogens with one attached hydrogen (secondary N) is 2. The Morgan fingerprint density at radius 1 is 1.42 bits per heavy atom. The summed E-state index contributed by atoms with van der Waals surface area (Å²) in [5, 5.41) is 20.0. The lowest BCUT2D eigenvalue weighted by Gasteiger charge is -2.06. The van der Waals surface area contributed by atoms with Gasteiger partial charge in [0.1, 0.15) is 5.75 Å². The van der Waals surface area contributed by atoms with Crippen LogP contribution in [-0.2, 0) is 13.0 Å². The molecule has 3 N–H and O–H groups in total. The summed E-state index contributed by atoms with van der Waals surface area (Å²) in [6, 6.07) is 5.27. The van der Waals surface area contributed by atoms with Crippen molar-refractivity contribution in [2.45, 2.75) is 26.3 Å². The van der Waals surface area contributed by atoms with Crippen molar-refractivity contribution >= 4 is 11.6 Å². The first-order chi connectivity index (χ1) is 9.16. The summed E-state index contributed by atoms with van der Waals surface area (Å²) >= 11 is 5.85. The summed E-state index contributed by atoms with van der Waals surface area (Å²) in [6.07, 6.45) is 3.97. The van der Waals surface area contributed by atoms with Crippen LogP contribution in [0, 0.1) is 6.92 Å². The zero-order valence-corrected chi connectivity index (χ0v) is 11.7. The summed E-state index contributed by atoms with van der Waals surface area (Å²) in [5.41, 5.74) is 3.49. The maximum absolute atomic E-state index is 9.32. The molecule has 0 fully saturated rings. The van der Waals surface area contributed by atoms with E-state index >= 15 is 0 Å². The second-order valence-electron chi connectivity index (χ2n) is 4.59. The van der Waals surface area contributed by atoms with Gasteiger partial charge < -0.3 is 10.4 Å². The van der Waals surface area contributed by atoms with E-state index in [4.69, 9.17) is 11.6 Å². The standard InChI is InChI=1S/C14H18ClN3O/c1-10-12(9-17-18-10)3-2-6-16-8-11-4-5-14(19)13(15)7-11/h4-5,7,9,16,19H,2-3,6,8H2,1H3,(H,17,18). The molecule has 0 amide bonds. The number of H-pyrrole nitrogens is 1. The molecular formula is C14H18ClN3O. The Bertz CT molecular complexity index is 539. The smallest absolute Gasteiger partial charge is 0.134 e. The van der Waals surface area contributed by atoms with Crippen LogP contribution >= 0.6 is 11.6 Å². The molecule has 0 radical (unpaired) electrons. The molecule has 0 aliphatic heterocycles. The summed E-state index contributed by atoms with van der Waals surface area (Å²) in [7, 11) is 0. The molecule has 1 aromatic carbocycles. The number of halogens is 1. The monoisotopic (exact) mass is 279 g/mol. The lowest BCUT2D eigenvalue weighted by molar-refractivity contribution is 0.475. The zero-order chi connectivity index (χ0) is 13.7. The van der Waals surface area contributed by atoms with Crippen LogP contribution in [0.3, 0.4) is 0 Å². The fourth-order valence-corrected chi connectivity index (χ4v) is 2.13. The highest BCUT2D eigenvalue weighted by Gasteiger charge is 2.01. The van der Waals surface area contributed by atoms with E-state index in [0.717, 1.165) is 37.2 Å². The largest absolute Gasteiger partial charge is 0.506 e. The number of benzene rings is 1. The highest BCUT2D eigenvalue weighted by Crippen LogP contribution is 2.23. The normalized spacial score (nSPS) is 10.8. The van der Waals surface area contributed by atoms with Crippen LogP contribution in [0.1, 0.15) is 23.2 Å². The Morgan fingerprint density at radius 3 is 2.95 bits per heavy atom. The number of hydrogen-bond acceptors (Lipinski definition) is 3. The van der Waals surface area contributed by atoms with E-state index in [1.54, 1.807) is 12.1 Å².